The van der Waals surface area contributed by atoms with Crippen LogP contribution in [0.3, 0.4) is 0 Å². The second kappa shape index (κ2) is 5.11. The van der Waals surface area contributed by atoms with Gasteiger partial charge in [-0.3, -0.25) is 9.59 Å². The summed E-state index contributed by atoms with van der Waals surface area (Å²) < 4.78 is 0. The van der Waals surface area contributed by atoms with Crippen molar-refractivity contribution in [1.29, 1.82) is 0 Å². The van der Waals surface area contributed by atoms with Crippen molar-refractivity contribution in [3.63, 3.8) is 0 Å². The van der Waals surface area contributed by atoms with Crippen LogP contribution in [-0.4, -0.2) is 42.4 Å². The number of rotatable bonds is 4. The van der Waals surface area contributed by atoms with Gasteiger partial charge in [0.2, 0.25) is 11.8 Å². The Balaban J connectivity index is 2.29. The van der Waals surface area contributed by atoms with Crippen molar-refractivity contribution in [3.05, 3.63) is 0 Å². The standard InChI is InChI=1S/C10H19N3O2/c1-7(2)5-12-9(14)6-13-4-3-8(11)10(13)15/h7-8H,3-6,11H2,1-2H3,(H,12,14). The minimum atomic E-state index is -0.414. The van der Waals surface area contributed by atoms with Crippen LogP contribution in [0.1, 0.15) is 20.3 Å². The third-order valence-corrected chi connectivity index (χ3v) is 2.38. The van der Waals surface area contributed by atoms with Crippen LogP contribution in [0.5, 0.6) is 0 Å². The van der Waals surface area contributed by atoms with E-state index >= 15 is 0 Å². The number of hydrogen-bond donors (Lipinski definition) is 2. The first-order valence-electron chi connectivity index (χ1n) is 5.31. The zero-order valence-corrected chi connectivity index (χ0v) is 9.32. The highest BCUT2D eigenvalue weighted by Crippen LogP contribution is 2.07. The van der Waals surface area contributed by atoms with Gasteiger partial charge in [0.1, 0.15) is 0 Å². The number of nitrogens with one attached hydrogen (secondary N) is 1. The molecule has 1 saturated heterocycles. The van der Waals surface area contributed by atoms with E-state index in [4.69, 9.17) is 5.73 Å². The number of nitrogens with zero attached hydrogens (tertiary/aromatic N) is 1. The Labute approximate surface area is 90.0 Å². The molecule has 15 heavy (non-hydrogen) atoms. The quantitative estimate of drug-likeness (QED) is 0.649. The molecule has 1 atom stereocenters. The third-order valence-electron chi connectivity index (χ3n) is 2.38. The lowest BCUT2D eigenvalue weighted by Crippen LogP contribution is -2.41. The summed E-state index contributed by atoms with van der Waals surface area (Å²) in [6.07, 6.45) is 0.649. The fourth-order valence-electron chi connectivity index (χ4n) is 1.47. The molecule has 2 amide bonds. The van der Waals surface area contributed by atoms with Crippen molar-refractivity contribution in [3.8, 4) is 0 Å². The average Bonchev–Trinajstić information content (AvgIpc) is 2.47. The zero-order chi connectivity index (χ0) is 11.4. The van der Waals surface area contributed by atoms with E-state index in [0.29, 0.717) is 25.4 Å². The molecule has 1 fully saturated rings. The van der Waals surface area contributed by atoms with Gasteiger partial charge in [-0.25, -0.2) is 0 Å². The molecule has 3 N–H and O–H groups in total. The maximum Gasteiger partial charge on any atom is 0.240 e. The van der Waals surface area contributed by atoms with Crippen molar-refractivity contribution in [1.82, 2.24) is 10.2 Å². The Kier molecular flexibility index (Phi) is 4.08. The predicted molar refractivity (Wildman–Crippen MR) is 57.0 cm³/mol. The summed E-state index contributed by atoms with van der Waals surface area (Å²) in [4.78, 5) is 24.3. The van der Waals surface area contributed by atoms with Gasteiger partial charge in [0, 0.05) is 13.1 Å². The van der Waals surface area contributed by atoms with E-state index in [2.05, 4.69) is 5.32 Å². The van der Waals surface area contributed by atoms with E-state index in [1.165, 1.54) is 4.90 Å². The molecule has 1 heterocycles. The summed E-state index contributed by atoms with van der Waals surface area (Å²) in [5, 5.41) is 2.77. The molecular formula is C10H19N3O2. The number of hydrogen-bond acceptors (Lipinski definition) is 3. The predicted octanol–water partition coefficient (Wildman–Crippen LogP) is -0.682. The summed E-state index contributed by atoms with van der Waals surface area (Å²) in [5.74, 6) is 0.200. The first-order chi connectivity index (χ1) is 7.00. The Hall–Kier alpha value is -1.10. The molecule has 0 aromatic carbocycles. The molecule has 1 rings (SSSR count). The minimum absolute atomic E-state index is 0.105. The molecule has 0 radical (unpaired) electrons. The van der Waals surface area contributed by atoms with Gasteiger partial charge < -0.3 is 16.0 Å². The number of amides is 2. The maximum atomic E-state index is 11.4. The lowest BCUT2D eigenvalue weighted by atomic mass is 10.2. The molecule has 0 bridgehead atoms. The van der Waals surface area contributed by atoms with E-state index in [9.17, 15) is 9.59 Å². The van der Waals surface area contributed by atoms with Gasteiger partial charge in [-0.15, -0.1) is 0 Å². The van der Waals surface area contributed by atoms with Crippen LogP contribution >= 0.6 is 0 Å². The van der Waals surface area contributed by atoms with Crippen LogP contribution in [0.4, 0.5) is 0 Å². The molecule has 1 unspecified atom stereocenters. The van der Waals surface area contributed by atoms with Gasteiger partial charge >= 0.3 is 0 Å². The van der Waals surface area contributed by atoms with Gasteiger partial charge in [-0.1, -0.05) is 13.8 Å². The molecule has 0 aromatic rings. The van der Waals surface area contributed by atoms with Gasteiger partial charge in [0.15, 0.2) is 0 Å². The maximum absolute atomic E-state index is 11.4. The Morgan fingerprint density at radius 2 is 2.33 bits per heavy atom. The molecule has 0 saturated carbocycles. The molecule has 1 aliphatic rings. The van der Waals surface area contributed by atoms with Crippen molar-refractivity contribution >= 4 is 11.8 Å². The van der Waals surface area contributed by atoms with E-state index in [0.717, 1.165) is 0 Å². The van der Waals surface area contributed by atoms with E-state index < -0.39 is 6.04 Å². The van der Waals surface area contributed by atoms with E-state index in [-0.39, 0.29) is 18.4 Å². The summed E-state index contributed by atoms with van der Waals surface area (Å²) in [7, 11) is 0. The van der Waals surface area contributed by atoms with Crippen LogP contribution in [0.25, 0.3) is 0 Å². The lowest BCUT2D eigenvalue weighted by Gasteiger charge is -2.16. The molecule has 0 aliphatic carbocycles. The number of carbonyl (C=O) groups excluding carboxylic acids is 2. The average molecular weight is 213 g/mol. The summed E-state index contributed by atoms with van der Waals surface area (Å²) in [6.45, 7) is 5.43. The second-order valence-corrected chi connectivity index (χ2v) is 4.35. The molecule has 5 nitrogen and oxygen atoms in total. The highest BCUT2D eigenvalue weighted by Gasteiger charge is 2.29. The fraction of sp³-hybridized carbons (Fsp3) is 0.800. The van der Waals surface area contributed by atoms with E-state index in [1.807, 2.05) is 13.8 Å². The lowest BCUT2D eigenvalue weighted by molar-refractivity contribution is -0.133. The van der Waals surface area contributed by atoms with Crippen LogP contribution < -0.4 is 11.1 Å². The normalized spacial score (nSPS) is 21.2. The molecular weight excluding hydrogens is 194 g/mol. The third kappa shape index (κ3) is 3.51. The fourth-order valence-corrected chi connectivity index (χ4v) is 1.47. The zero-order valence-electron chi connectivity index (χ0n) is 9.32. The van der Waals surface area contributed by atoms with Crippen molar-refractivity contribution in [2.45, 2.75) is 26.3 Å². The molecule has 0 spiro atoms. The number of nitrogens with two attached hydrogens (primary N) is 1. The molecule has 1 aliphatic heterocycles. The highest BCUT2D eigenvalue weighted by molar-refractivity contribution is 5.88. The monoisotopic (exact) mass is 213 g/mol. The Morgan fingerprint density at radius 1 is 1.67 bits per heavy atom. The summed E-state index contributed by atoms with van der Waals surface area (Å²) in [6, 6.07) is -0.414. The van der Waals surface area contributed by atoms with Gasteiger partial charge in [0.25, 0.3) is 0 Å². The van der Waals surface area contributed by atoms with Gasteiger partial charge in [-0.05, 0) is 12.3 Å². The first-order valence-corrected chi connectivity index (χ1v) is 5.31. The SMILES string of the molecule is CC(C)CNC(=O)CN1CCC(N)C1=O. The van der Waals surface area contributed by atoms with Crippen LogP contribution in [-0.2, 0) is 9.59 Å². The number of likely N-dealkylation sites (tertiary alicyclic amines) is 1. The Bertz CT molecular complexity index is 253. The first kappa shape index (κ1) is 12.0. The largest absolute Gasteiger partial charge is 0.354 e. The highest BCUT2D eigenvalue weighted by atomic mass is 16.2. The smallest absolute Gasteiger partial charge is 0.240 e. The van der Waals surface area contributed by atoms with Crippen LogP contribution in [0.15, 0.2) is 0 Å². The second-order valence-electron chi connectivity index (χ2n) is 4.35. The van der Waals surface area contributed by atoms with Crippen molar-refractivity contribution in [2.24, 2.45) is 11.7 Å². The minimum Gasteiger partial charge on any atom is -0.354 e. The van der Waals surface area contributed by atoms with Crippen LogP contribution in [0.2, 0.25) is 0 Å². The van der Waals surface area contributed by atoms with Crippen LogP contribution in [0, 0.1) is 5.92 Å². The Morgan fingerprint density at radius 3 is 2.80 bits per heavy atom. The topological polar surface area (TPSA) is 75.4 Å². The van der Waals surface area contributed by atoms with E-state index in [1.54, 1.807) is 0 Å². The van der Waals surface area contributed by atoms with Gasteiger partial charge in [-0.2, -0.15) is 0 Å². The number of carbonyl (C=O) groups is 2. The summed E-state index contributed by atoms with van der Waals surface area (Å²) in [5.41, 5.74) is 5.54. The molecule has 86 valence electrons. The van der Waals surface area contributed by atoms with Crippen molar-refractivity contribution < 1.29 is 9.59 Å². The van der Waals surface area contributed by atoms with Gasteiger partial charge in [0.05, 0.1) is 12.6 Å². The summed E-state index contributed by atoms with van der Waals surface area (Å²) >= 11 is 0. The molecule has 0 aromatic heterocycles. The molecule has 5 heteroatoms. The van der Waals surface area contributed by atoms with Crippen molar-refractivity contribution in [2.75, 3.05) is 19.6 Å².